The van der Waals surface area contributed by atoms with Gasteiger partial charge in [-0.15, -0.1) is 0 Å². The average molecular weight is 414 g/mol. The van der Waals surface area contributed by atoms with Gasteiger partial charge in [0.05, 0.1) is 4.90 Å². The highest BCUT2D eigenvalue weighted by atomic mass is 32.2. The highest BCUT2D eigenvalue weighted by Gasteiger charge is 2.28. The molecule has 0 aromatic heterocycles. The molecule has 1 unspecified atom stereocenters. The summed E-state index contributed by atoms with van der Waals surface area (Å²) in [7, 11) is -3.60. The third-order valence-corrected chi connectivity index (χ3v) is 7.10. The average Bonchev–Trinajstić information content (AvgIpc) is 3.38. The summed E-state index contributed by atoms with van der Waals surface area (Å²) in [6, 6.07) is 12.5. The standard InChI is InChI=1S/C22H27N3O3S/c1-15-11-12-25(14-15)19-8-6-17(7-9-19)23-22(26)21-13-20(10-3-16(21)2)29(27,28)24-18-4-5-18/h3,6-10,13,15,18,24H,4-5,11-12,14H2,1-2H3,(H,23,26). The highest BCUT2D eigenvalue weighted by molar-refractivity contribution is 7.89. The second-order valence-electron chi connectivity index (χ2n) is 8.21. The Bertz CT molecular complexity index is 1010. The molecule has 2 aromatic rings. The maximum absolute atomic E-state index is 12.8. The maximum atomic E-state index is 12.8. The van der Waals surface area contributed by atoms with Crippen molar-refractivity contribution in [2.45, 2.75) is 44.0 Å². The first-order valence-electron chi connectivity index (χ1n) is 10.1. The molecule has 0 spiro atoms. The molecule has 1 aliphatic carbocycles. The van der Waals surface area contributed by atoms with E-state index in [1.807, 2.05) is 24.3 Å². The maximum Gasteiger partial charge on any atom is 0.255 e. The summed E-state index contributed by atoms with van der Waals surface area (Å²) in [5, 5.41) is 2.88. The van der Waals surface area contributed by atoms with Crippen molar-refractivity contribution in [3.05, 3.63) is 53.6 Å². The lowest BCUT2D eigenvalue weighted by Gasteiger charge is -2.18. The minimum absolute atomic E-state index is 0.0238. The van der Waals surface area contributed by atoms with Crippen molar-refractivity contribution in [3.8, 4) is 0 Å². The molecule has 2 fully saturated rings. The Balaban J connectivity index is 1.48. The van der Waals surface area contributed by atoms with Crippen LogP contribution in [0.5, 0.6) is 0 Å². The Kier molecular flexibility index (Phi) is 5.36. The van der Waals surface area contributed by atoms with Crippen molar-refractivity contribution in [2.24, 2.45) is 5.92 Å². The first-order valence-corrected chi connectivity index (χ1v) is 11.6. The molecule has 1 heterocycles. The van der Waals surface area contributed by atoms with Gasteiger partial charge in [0.2, 0.25) is 10.0 Å². The molecule has 154 valence electrons. The van der Waals surface area contributed by atoms with Crippen molar-refractivity contribution in [2.75, 3.05) is 23.3 Å². The summed E-state index contributed by atoms with van der Waals surface area (Å²) in [6.07, 6.45) is 2.93. The number of carbonyl (C=O) groups excluding carboxylic acids is 1. The number of aryl methyl sites for hydroxylation is 1. The number of rotatable bonds is 6. The number of nitrogens with zero attached hydrogens (tertiary/aromatic N) is 1. The van der Waals surface area contributed by atoms with Crippen LogP contribution in [0.1, 0.15) is 42.1 Å². The summed E-state index contributed by atoms with van der Waals surface area (Å²) in [5.74, 6) is 0.392. The van der Waals surface area contributed by atoms with Gasteiger partial charge in [-0.3, -0.25) is 4.79 Å². The number of nitrogens with one attached hydrogen (secondary N) is 2. The number of anilines is 2. The molecule has 2 aliphatic rings. The highest BCUT2D eigenvalue weighted by Crippen LogP contribution is 2.26. The van der Waals surface area contributed by atoms with E-state index in [2.05, 4.69) is 21.9 Å². The van der Waals surface area contributed by atoms with Gasteiger partial charge in [0, 0.05) is 36.1 Å². The monoisotopic (exact) mass is 413 g/mol. The Morgan fingerprint density at radius 3 is 2.41 bits per heavy atom. The van der Waals surface area contributed by atoms with E-state index in [-0.39, 0.29) is 16.8 Å². The van der Waals surface area contributed by atoms with Crippen LogP contribution in [0, 0.1) is 12.8 Å². The van der Waals surface area contributed by atoms with E-state index in [0.29, 0.717) is 17.2 Å². The second kappa shape index (κ2) is 7.80. The molecule has 7 heteroatoms. The van der Waals surface area contributed by atoms with Crippen molar-refractivity contribution in [1.82, 2.24) is 4.72 Å². The number of benzene rings is 2. The fourth-order valence-electron chi connectivity index (χ4n) is 3.63. The molecule has 0 bridgehead atoms. The fourth-order valence-corrected chi connectivity index (χ4v) is 4.96. The summed E-state index contributed by atoms with van der Waals surface area (Å²) in [4.78, 5) is 15.3. The predicted molar refractivity (Wildman–Crippen MR) is 115 cm³/mol. The van der Waals surface area contributed by atoms with Crippen LogP contribution < -0.4 is 14.9 Å². The largest absolute Gasteiger partial charge is 0.371 e. The number of carbonyl (C=O) groups is 1. The number of hydrogen-bond donors (Lipinski definition) is 2. The minimum Gasteiger partial charge on any atom is -0.371 e. The minimum atomic E-state index is -3.60. The lowest BCUT2D eigenvalue weighted by atomic mass is 10.1. The molecule has 1 saturated carbocycles. The molecule has 4 rings (SSSR count). The van der Waals surface area contributed by atoms with Crippen LogP contribution in [0.3, 0.4) is 0 Å². The third kappa shape index (κ3) is 4.62. The van der Waals surface area contributed by atoms with E-state index in [4.69, 9.17) is 0 Å². The molecule has 1 atom stereocenters. The third-order valence-electron chi connectivity index (χ3n) is 5.58. The lowest BCUT2D eigenvalue weighted by molar-refractivity contribution is 0.102. The Hall–Kier alpha value is -2.38. The SMILES string of the molecule is Cc1ccc(S(=O)(=O)NC2CC2)cc1C(=O)Nc1ccc(N2CCC(C)C2)cc1. The van der Waals surface area contributed by atoms with Crippen molar-refractivity contribution < 1.29 is 13.2 Å². The molecule has 1 aliphatic heterocycles. The van der Waals surface area contributed by atoms with Gasteiger partial charge in [0.25, 0.3) is 5.91 Å². The Morgan fingerprint density at radius 1 is 1.07 bits per heavy atom. The first-order chi connectivity index (χ1) is 13.8. The molecular formula is C22H27N3O3S. The smallest absolute Gasteiger partial charge is 0.255 e. The van der Waals surface area contributed by atoms with Crippen LogP contribution in [0.25, 0.3) is 0 Å². The second-order valence-corrected chi connectivity index (χ2v) is 9.93. The van der Waals surface area contributed by atoms with Crippen LogP contribution in [0.15, 0.2) is 47.4 Å². The Morgan fingerprint density at radius 2 is 1.79 bits per heavy atom. The summed E-state index contributed by atoms with van der Waals surface area (Å²) in [6.45, 7) is 6.17. The summed E-state index contributed by atoms with van der Waals surface area (Å²) in [5.41, 5.74) is 2.94. The molecule has 2 N–H and O–H groups in total. The van der Waals surface area contributed by atoms with Gasteiger partial charge in [-0.1, -0.05) is 13.0 Å². The fraction of sp³-hybridized carbons (Fsp3) is 0.409. The molecule has 2 aromatic carbocycles. The van der Waals surface area contributed by atoms with Crippen molar-refractivity contribution in [1.29, 1.82) is 0 Å². The molecule has 29 heavy (non-hydrogen) atoms. The van der Waals surface area contributed by atoms with E-state index in [0.717, 1.165) is 37.2 Å². The normalized spacial score (nSPS) is 19.4. The molecule has 1 amide bonds. The van der Waals surface area contributed by atoms with Gasteiger partial charge in [-0.2, -0.15) is 0 Å². The summed E-state index contributed by atoms with van der Waals surface area (Å²) >= 11 is 0. The van der Waals surface area contributed by atoms with Crippen LogP contribution >= 0.6 is 0 Å². The van der Waals surface area contributed by atoms with Gasteiger partial charge in [-0.25, -0.2) is 13.1 Å². The number of sulfonamides is 1. The van der Waals surface area contributed by atoms with Crippen LogP contribution in [-0.4, -0.2) is 33.5 Å². The first kappa shape index (κ1) is 19.9. The van der Waals surface area contributed by atoms with Gasteiger partial charge < -0.3 is 10.2 Å². The topological polar surface area (TPSA) is 78.5 Å². The molecule has 6 nitrogen and oxygen atoms in total. The van der Waals surface area contributed by atoms with Gasteiger partial charge in [0.1, 0.15) is 0 Å². The van der Waals surface area contributed by atoms with E-state index in [1.54, 1.807) is 19.1 Å². The van der Waals surface area contributed by atoms with Crippen LogP contribution in [0.2, 0.25) is 0 Å². The molecular weight excluding hydrogens is 386 g/mol. The van der Waals surface area contributed by atoms with Gasteiger partial charge in [0.15, 0.2) is 0 Å². The van der Waals surface area contributed by atoms with E-state index >= 15 is 0 Å². The number of amides is 1. The van der Waals surface area contributed by atoms with Crippen molar-refractivity contribution >= 4 is 27.3 Å². The summed E-state index contributed by atoms with van der Waals surface area (Å²) < 4.78 is 27.6. The molecule has 0 radical (unpaired) electrons. The van der Waals surface area contributed by atoms with Gasteiger partial charge in [-0.05, 0) is 74.1 Å². The zero-order chi connectivity index (χ0) is 20.6. The number of hydrogen-bond acceptors (Lipinski definition) is 4. The predicted octanol–water partition coefficient (Wildman–Crippen LogP) is 3.53. The van der Waals surface area contributed by atoms with E-state index in [1.165, 1.54) is 12.5 Å². The quantitative estimate of drug-likeness (QED) is 0.759. The molecule has 1 saturated heterocycles. The van der Waals surface area contributed by atoms with Crippen molar-refractivity contribution in [3.63, 3.8) is 0 Å². The van der Waals surface area contributed by atoms with Crippen LogP contribution in [0.4, 0.5) is 11.4 Å². The Labute approximate surface area is 172 Å². The van der Waals surface area contributed by atoms with Gasteiger partial charge >= 0.3 is 0 Å². The zero-order valence-electron chi connectivity index (χ0n) is 16.8. The lowest BCUT2D eigenvalue weighted by Crippen LogP contribution is -2.26. The van der Waals surface area contributed by atoms with E-state index in [9.17, 15) is 13.2 Å². The van der Waals surface area contributed by atoms with E-state index < -0.39 is 10.0 Å². The zero-order valence-corrected chi connectivity index (χ0v) is 17.6. The van der Waals surface area contributed by atoms with Crippen LogP contribution in [-0.2, 0) is 10.0 Å².